The molecule has 0 spiro atoms. The summed E-state index contributed by atoms with van der Waals surface area (Å²) in [4.78, 5) is 12.6. The van der Waals surface area contributed by atoms with Crippen LogP contribution in [0.4, 0.5) is 0 Å². The lowest BCUT2D eigenvalue weighted by molar-refractivity contribution is -0.236. The summed E-state index contributed by atoms with van der Waals surface area (Å²) in [5, 5.41) is 0. The van der Waals surface area contributed by atoms with Crippen molar-refractivity contribution >= 4 is 5.78 Å². The molecule has 21 heavy (non-hydrogen) atoms. The van der Waals surface area contributed by atoms with E-state index < -0.39 is 0 Å². The Balaban J connectivity index is 1.98. The van der Waals surface area contributed by atoms with Gasteiger partial charge in [0.1, 0.15) is 5.78 Å². The minimum Gasteiger partial charge on any atom is -0.365 e. The predicted molar refractivity (Wildman–Crippen MR) is 85.1 cm³/mol. The molecule has 0 aromatic rings. The van der Waals surface area contributed by atoms with Crippen molar-refractivity contribution in [1.29, 1.82) is 0 Å². The van der Waals surface area contributed by atoms with Crippen LogP contribution >= 0.6 is 0 Å². The molecule has 0 unspecified atom stereocenters. The molecule has 0 bridgehead atoms. The third-order valence-corrected chi connectivity index (χ3v) is 7.22. The molecule has 0 radical (unpaired) electrons. The molecule has 118 valence electrons. The molecule has 0 aromatic heterocycles. The highest BCUT2D eigenvalue weighted by molar-refractivity contribution is 5.88. The molecule has 1 aliphatic heterocycles. The summed E-state index contributed by atoms with van der Waals surface area (Å²) >= 11 is 0. The van der Waals surface area contributed by atoms with Crippen LogP contribution in [-0.2, 0) is 9.53 Å². The number of hydrogen-bond acceptors (Lipinski definition) is 2. The van der Waals surface area contributed by atoms with Gasteiger partial charge in [0.25, 0.3) is 0 Å². The zero-order chi connectivity index (χ0) is 15.7. The van der Waals surface area contributed by atoms with Crippen molar-refractivity contribution in [3.05, 3.63) is 12.7 Å². The smallest absolute Gasteiger partial charge is 0.139 e. The third-order valence-electron chi connectivity index (χ3n) is 7.22. The Morgan fingerprint density at radius 1 is 1.10 bits per heavy atom. The Morgan fingerprint density at radius 3 is 2.33 bits per heavy atom. The van der Waals surface area contributed by atoms with E-state index in [1.807, 2.05) is 6.08 Å². The van der Waals surface area contributed by atoms with Crippen LogP contribution in [0.1, 0.15) is 66.7 Å². The van der Waals surface area contributed by atoms with E-state index in [1.165, 1.54) is 0 Å². The third kappa shape index (κ3) is 1.91. The van der Waals surface area contributed by atoms with E-state index in [1.54, 1.807) is 0 Å². The highest BCUT2D eigenvalue weighted by Gasteiger charge is 2.65. The Hall–Kier alpha value is -0.630. The van der Waals surface area contributed by atoms with Gasteiger partial charge in [-0.05, 0) is 56.8 Å². The number of Topliss-reactive ketones (excluding diaryl/α,β-unsaturated/α-hetero) is 1. The molecule has 0 amide bonds. The second kappa shape index (κ2) is 4.22. The standard InChI is InChI=1S/C19H30O2/c1-7-17(4)10-8-14-18(5)12-15(20)16(2,3)13(18)9-11-19(14,6)21-17/h7,13-14H,1,8-12H2,2-6H3/t13-,14+,17+,18+,19-/m1/s1. The number of rotatable bonds is 1. The minimum atomic E-state index is -0.202. The predicted octanol–water partition coefficient (Wildman–Crippen LogP) is 4.53. The van der Waals surface area contributed by atoms with Gasteiger partial charge in [0.2, 0.25) is 0 Å². The Morgan fingerprint density at radius 2 is 1.71 bits per heavy atom. The Kier molecular flexibility index (Phi) is 3.07. The molecule has 1 heterocycles. The summed E-state index contributed by atoms with van der Waals surface area (Å²) in [6, 6.07) is 0. The summed E-state index contributed by atoms with van der Waals surface area (Å²) in [5.41, 5.74) is -0.356. The molecule has 2 nitrogen and oxygen atoms in total. The van der Waals surface area contributed by atoms with Crippen LogP contribution in [0, 0.1) is 22.7 Å². The van der Waals surface area contributed by atoms with Gasteiger partial charge in [0.05, 0.1) is 11.2 Å². The molecular weight excluding hydrogens is 260 g/mol. The monoisotopic (exact) mass is 290 g/mol. The molecule has 1 saturated heterocycles. The van der Waals surface area contributed by atoms with Gasteiger partial charge in [0, 0.05) is 11.8 Å². The van der Waals surface area contributed by atoms with Gasteiger partial charge >= 0.3 is 0 Å². The number of ketones is 1. The lowest BCUT2D eigenvalue weighted by Crippen LogP contribution is -2.59. The lowest BCUT2D eigenvalue weighted by Gasteiger charge is -2.60. The maximum Gasteiger partial charge on any atom is 0.139 e. The largest absolute Gasteiger partial charge is 0.365 e. The molecule has 2 heteroatoms. The topological polar surface area (TPSA) is 26.3 Å². The maximum absolute atomic E-state index is 12.6. The van der Waals surface area contributed by atoms with Crippen molar-refractivity contribution in [2.24, 2.45) is 22.7 Å². The summed E-state index contributed by atoms with van der Waals surface area (Å²) in [6.07, 6.45) is 7.04. The minimum absolute atomic E-state index is 0.104. The van der Waals surface area contributed by atoms with E-state index in [9.17, 15) is 4.79 Å². The van der Waals surface area contributed by atoms with E-state index >= 15 is 0 Å². The Bertz CT molecular complexity index is 494. The van der Waals surface area contributed by atoms with Crippen molar-refractivity contribution in [3.8, 4) is 0 Å². The molecule has 3 rings (SSSR count). The summed E-state index contributed by atoms with van der Waals surface area (Å²) < 4.78 is 6.56. The average Bonchev–Trinajstić information content (AvgIpc) is 2.54. The fourth-order valence-corrected chi connectivity index (χ4v) is 5.99. The number of fused-ring (bicyclic) bond motifs is 3. The fraction of sp³-hybridized carbons (Fsp3) is 0.842. The number of carbonyl (C=O) groups is 1. The summed E-state index contributed by atoms with van der Waals surface area (Å²) in [7, 11) is 0. The van der Waals surface area contributed by atoms with E-state index in [2.05, 4.69) is 41.2 Å². The van der Waals surface area contributed by atoms with E-state index in [-0.39, 0.29) is 22.0 Å². The normalized spacial score (nSPS) is 52.1. The Labute approximate surface area is 129 Å². The first kappa shape index (κ1) is 15.3. The molecule has 5 atom stereocenters. The molecule has 0 N–H and O–H groups in total. The van der Waals surface area contributed by atoms with Crippen LogP contribution in [0.15, 0.2) is 12.7 Å². The molecular formula is C19H30O2. The van der Waals surface area contributed by atoms with Gasteiger partial charge in [0.15, 0.2) is 0 Å². The van der Waals surface area contributed by atoms with Crippen LogP contribution in [0.25, 0.3) is 0 Å². The average molecular weight is 290 g/mol. The van der Waals surface area contributed by atoms with Crippen LogP contribution < -0.4 is 0 Å². The van der Waals surface area contributed by atoms with Crippen LogP contribution in [0.2, 0.25) is 0 Å². The zero-order valence-electron chi connectivity index (χ0n) is 14.3. The van der Waals surface area contributed by atoms with Gasteiger partial charge in [-0.2, -0.15) is 0 Å². The van der Waals surface area contributed by atoms with Crippen molar-refractivity contribution in [2.45, 2.75) is 77.9 Å². The quantitative estimate of drug-likeness (QED) is 0.663. The van der Waals surface area contributed by atoms with Crippen molar-refractivity contribution in [3.63, 3.8) is 0 Å². The number of carbonyl (C=O) groups excluding carboxylic acids is 1. The van der Waals surface area contributed by atoms with Crippen molar-refractivity contribution in [2.75, 3.05) is 0 Å². The fourth-order valence-electron chi connectivity index (χ4n) is 5.99. The lowest BCUT2D eigenvalue weighted by atomic mass is 9.52. The van der Waals surface area contributed by atoms with Crippen LogP contribution in [0.5, 0.6) is 0 Å². The molecule has 0 aromatic carbocycles. The van der Waals surface area contributed by atoms with Crippen molar-refractivity contribution in [1.82, 2.24) is 0 Å². The number of hydrogen-bond donors (Lipinski definition) is 0. The van der Waals surface area contributed by atoms with Gasteiger partial charge in [-0.1, -0.05) is 26.8 Å². The summed E-state index contributed by atoms with van der Waals surface area (Å²) in [6.45, 7) is 15.1. The molecule has 3 aliphatic rings. The van der Waals surface area contributed by atoms with Crippen LogP contribution in [0.3, 0.4) is 0 Å². The maximum atomic E-state index is 12.6. The van der Waals surface area contributed by atoms with Gasteiger partial charge in [-0.3, -0.25) is 4.79 Å². The SMILES string of the molecule is C=C[C@@]1(C)CC[C@H]2[C@@]3(C)CC(=O)C(C)(C)[C@H]3CC[C@@]2(C)O1. The van der Waals surface area contributed by atoms with E-state index in [4.69, 9.17) is 4.74 Å². The van der Waals surface area contributed by atoms with Gasteiger partial charge in [-0.15, -0.1) is 6.58 Å². The summed E-state index contributed by atoms with van der Waals surface area (Å²) in [5.74, 6) is 1.45. The van der Waals surface area contributed by atoms with Gasteiger partial charge in [-0.25, -0.2) is 0 Å². The highest BCUT2D eigenvalue weighted by Crippen LogP contribution is 2.66. The second-order valence-corrected chi connectivity index (χ2v) is 8.94. The molecule has 2 saturated carbocycles. The molecule has 2 aliphatic carbocycles. The first-order valence-electron chi connectivity index (χ1n) is 8.44. The van der Waals surface area contributed by atoms with E-state index in [0.29, 0.717) is 17.6 Å². The first-order valence-corrected chi connectivity index (χ1v) is 8.44. The van der Waals surface area contributed by atoms with Crippen molar-refractivity contribution < 1.29 is 9.53 Å². The van der Waals surface area contributed by atoms with E-state index in [0.717, 1.165) is 32.1 Å². The first-order chi connectivity index (χ1) is 9.57. The number of ether oxygens (including phenoxy) is 1. The van der Waals surface area contributed by atoms with Crippen LogP contribution in [-0.4, -0.2) is 17.0 Å². The highest BCUT2D eigenvalue weighted by atomic mass is 16.5. The second-order valence-electron chi connectivity index (χ2n) is 8.94. The zero-order valence-corrected chi connectivity index (χ0v) is 14.3. The molecule has 3 fully saturated rings. The van der Waals surface area contributed by atoms with Gasteiger partial charge < -0.3 is 4.74 Å².